The second kappa shape index (κ2) is 6.62. The molecule has 5 heteroatoms. The maximum atomic E-state index is 13.2. The average molecular weight is 369 g/mol. The zero-order valence-corrected chi connectivity index (χ0v) is 15.6. The first-order chi connectivity index (χ1) is 12.8. The molecule has 1 aromatic carbocycles. The number of aryl methyl sites for hydroxylation is 2. The van der Waals surface area contributed by atoms with Crippen LogP contribution in [0.25, 0.3) is 0 Å². The summed E-state index contributed by atoms with van der Waals surface area (Å²) >= 11 is 1.71. The largest absolute Gasteiger partial charge is 0.486 e. The molecule has 3 aliphatic rings. The highest BCUT2D eigenvalue weighted by atomic mass is 32.1. The normalized spacial score (nSPS) is 21.5. The third-order valence-corrected chi connectivity index (χ3v) is 6.90. The maximum Gasteiger partial charge on any atom is 0.264 e. The van der Waals surface area contributed by atoms with E-state index in [0.717, 1.165) is 54.2 Å². The Morgan fingerprint density at radius 3 is 2.77 bits per heavy atom. The van der Waals surface area contributed by atoms with Gasteiger partial charge in [-0.1, -0.05) is 6.07 Å². The number of thiophene rings is 1. The number of carbonyl (C=O) groups excluding carboxylic acids is 1. The molecule has 0 unspecified atom stereocenters. The van der Waals surface area contributed by atoms with Gasteiger partial charge in [0.25, 0.3) is 5.91 Å². The minimum atomic E-state index is 0.137. The van der Waals surface area contributed by atoms with Crippen molar-refractivity contribution in [2.45, 2.75) is 44.6 Å². The van der Waals surface area contributed by atoms with Crippen molar-refractivity contribution in [3.05, 3.63) is 45.1 Å². The quantitative estimate of drug-likeness (QED) is 0.789. The van der Waals surface area contributed by atoms with E-state index in [-0.39, 0.29) is 11.9 Å². The number of likely N-dealkylation sites (tertiary alicyclic amines) is 1. The number of rotatable bonds is 2. The van der Waals surface area contributed by atoms with Crippen molar-refractivity contribution in [3.63, 3.8) is 0 Å². The molecule has 5 rings (SSSR count). The lowest BCUT2D eigenvalue weighted by atomic mass is 9.99. The minimum Gasteiger partial charge on any atom is -0.486 e. The lowest BCUT2D eigenvalue weighted by Crippen LogP contribution is -2.30. The number of amides is 1. The van der Waals surface area contributed by atoms with Gasteiger partial charge < -0.3 is 14.4 Å². The van der Waals surface area contributed by atoms with Crippen LogP contribution in [-0.4, -0.2) is 30.6 Å². The van der Waals surface area contributed by atoms with Crippen molar-refractivity contribution in [3.8, 4) is 11.5 Å². The Labute approximate surface area is 157 Å². The summed E-state index contributed by atoms with van der Waals surface area (Å²) in [5.41, 5.74) is 2.56. The molecular weight excluding hydrogens is 346 g/mol. The topological polar surface area (TPSA) is 38.8 Å². The fraction of sp³-hybridized carbons (Fsp3) is 0.476. The summed E-state index contributed by atoms with van der Waals surface area (Å²) in [7, 11) is 0. The highest BCUT2D eigenvalue weighted by molar-refractivity contribution is 7.14. The van der Waals surface area contributed by atoms with Crippen LogP contribution in [0.1, 0.15) is 57.4 Å². The summed E-state index contributed by atoms with van der Waals surface area (Å²) in [6, 6.07) is 8.42. The lowest BCUT2D eigenvalue weighted by molar-refractivity contribution is 0.0740. The van der Waals surface area contributed by atoms with Gasteiger partial charge in [-0.05, 0) is 67.9 Å². The third-order valence-electron chi connectivity index (χ3n) is 5.67. The van der Waals surface area contributed by atoms with Gasteiger partial charge in [0.15, 0.2) is 11.5 Å². The van der Waals surface area contributed by atoms with E-state index in [2.05, 4.69) is 23.1 Å². The summed E-state index contributed by atoms with van der Waals surface area (Å²) in [6.07, 6.45) is 6.83. The predicted molar refractivity (Wildman–Crippen MR) is 101 cm³/mol. The molecule has 1 fully saturated rings. The van der Waals surface area contributed by atoms with Gasteiger partial charge in [0.2, 0.25) is 0 Å². The van der Waals surface area contributed by atoms with Crippen molar-refractivity contribution in [2.24, 2.45) is 0 Å². The van der Waals surface area contributed by atoms with E-state index in [1.807, 2.05) is 6.07 Å². The van der Waals surface area contributed by atoms with Gasteiger partial charge in [-0.2, -0.15) is 0 Å². The Hall–Kier alpha value is -2.01. The Balaban J connectivity index is 1.41. The standard InChI is InChI=1S/C21H23NO3S/c23-21(20-13-15-4-1-2-6-19(15)26-20)22-9-3-5-16(22)14-7-8-17-18(12-14)25-11-10-24-17/h7-8,12-13,16H,1-6,9-11H2/t16-/m1/s1. The first kappa shape index (κ1) is 16.2. The van der Waals surface area contributed by atoms with Crippen molar-refractivity contribution in [1.82, 2.24) is 4.90 Å². The molecule has 3 heterocycles. The molecule has 1 atom stereocenters. The van der Waals surface area contributed by atoms with Crippen molar-refractivity contribution >= 4 is 17.2 Å². The molecule has 0 bridgehead atoms. The minimum absolute atomic E-state index is 0.137. The molecule has 1 aliphatic carbocycles. The molecule has 4 nitrogen and oxygen atoms in total. The molecule has 26 heavy (non-hydrogen) atoms. The van der Waals surface area contributed by atoms with Gasteiger partial charge in [-0.25, -0.2) is 0 Å². The molecule has 0 radical (unpaired) electrons. The van der Waals surface area contributed by atoms with Gasteiger partial charge in [0, 0.05) is 11.4 Å². The van der Waals surface area contributed by atoms with Crippen LogP contribution in [-0.2, 0) is 12.8 Å². The van der Waals surface area contributed by atoms with Crippen LogP contribution < -0.4 is 9.47 Å². The van der Waals surface area contributed by atoms with E-state index in [1.165, 1.54) is 23.3 Å². The van der Waals surface area contributed by atoms with Crippen LogP contribution in [0.2, 0.25) is 0 Å². The van der Waals surface area contributed by atoms with Crippen molar-refractivity contribution < 1.29 is 14.3 Å². The monoisotopic (exact) mass is 369 g/mol. The SMILES string of the molecule is O=C(c1cc2c(s1)CCCC2)N1CCC[C@@H]1c1ccc2c(c1)OCCO2. The number of fused-ring (bicyclic) bond motifs is 2. The summed E-state index contributed by atoms with van der Waals surface area (Å²) in [5, 5.41) is 0. The fourth-order valence-corrected chi connectivity index (χ4v) is 5.57. The number of ether oxygens (including phenoxy) is 2. The summed E-state index contributed by atoms with van der Waals surface area (Å²) in [4.78, 5) is 17.6. The van der Waals surface area contributed by atoms with Crippen LogP contribution >= 0.6 is 11.3 Å². The molecule has 2 aromatic rings. The second-order valence-corrected chi connectivity index (χ2v) is 8.46. The van der Waals surface area contributed by atoms with Gasteiger partial charge in [-0.3, -0.25) is 4.79 Å². The van der Waals surface area contributed by atoms with Gasteiger partial charge >= 0.3 is 0 Å². The van der Waals surface area contributed by atoms with Crippen LogP contribution in [0.3, 0.4) is 0 Å². The smallest absolute Gasteiger partial charge is 0.264 e. The number of nitrogens with zero attached hydrogens (tertiary/aromatic N) is 1. The van der Waals surface area contributed by atoms with E-state index >= 15 is 0 Å². The Morgan fingerprint density at radius 1 is 1.04 bits per heavy atom. The van der Waals surface area contributed by atoms with E-state index < -0.39 is 0 Å². The van der Waals surface area contributed by atoms with Crippen molar-refractivity contribution in [2.75, 3.05) is 19.8 Å². The third kappa shape index (κ3) is 2.78. The molecule has 0 saturated carbocycles. The number of carbonyl (C=O) groups is 1. The van der Waals surface area contributed by atoms with Crippen LogP contribution in [0.15, 0.2) is 24.3 Å². The second-order valence-electron chi connectivity index (χ2n) is 7.33. The first-order valence-electron chi connectivity index (χ1n) is 9.62. The number of hydrogen-bond acceptors (Lipinski definition) is 4. The van der Waals surface area contributed by atoms with Crippen LogP contribution in [0, 0.1) is 0 Å². The number of benzene rings is 1. The summed E-state index contributed by atoms with van der Waals surface area (Å²) in [5.74, 6) is 1.81. The Bertz CT molecular complexity index is 820. The van der Waals surface area contributed by atoms with E-state index in [9.17, 15) is 4.79 Å². The van der Waals surface area contributed by atoms with Gasteiger partial charge in [0.05, 0.1) is 10.9 Å². The first-order valence-corrected chi connectivity index (χ1v) is 10.4. The molecule has 1 saturated heterocycles. The van der Waals surface area contributed by atoms with Crippen LogP contribution in [0.4, 0.5) is 0 Å². The molecule has 0 N–H and O–H groups in total. The zero-order valence-electron chi connectivity index (χ0n) is 14.8. The van der Waals surface area contributed by atoms with E-state index in [0.29, 0.717) is 13.2 Å². The lowest BCUT2D eigenvalue weighted by Gasteiger charge is -2.26. The number of hydrogen-bond donors (Lipinski definition) is 0. The Morgan fingerprint density at radius 2 is 1.88 bits per heavy atom. The molecule has 1 amide bonds. The summed E-state index contributed by atoms with van der Waals surface area (Å²) < 4.78 is 11.4. The molecule has 1 aromatic heterocycles. The van der Waals surface area contributed by atoms with E-state index in [1.54, 1.807) is 11.3 Å². The average Bonchev–Trinajstić information content (AvgIpc) is 3.34. The zero-order chi connectivity index (χ0) is 17.5. The highest BCUT2D eigenvalue weighted by Gasteiger charge is 2.32. The van der Waals surface area contributed by atoms with Gasteiger partial charge in [0.1, 0.15) is 13.2 Å². The van der Waals surface area contributed by atoms with Gasteiger partial charge in [-0.15, -0.1) is 11.3 Å². The van der Waals surface area contributed by atoms with Crippen molar-refractivity contribution in [1.29, 1.82) is 0 Å². The summed E-state index contributed by atoms with van der Waals surface area (Å²) in [6.45, 7) is 2.02. The molecule has 136 valence electrons. The Kier molecular flexibility index (Phi) is 4.12. The predicted octanol–water partition coefficient (Wildman–Crippen LogP) is 4.38. The molecule has 0 spiro atoms. The fourth-order valence-electron chi connectivity index (χ4n) is 4.36. The molecule has 2 aliphatic heterocycles. The highest BCUT2D eigenvalue weighted by Crippen LogP contribution is 2.39. The van der Waals surface area contributed by atoms with Crippen LogP contribution in [0.5, 0.6) is 11.5 Å². The van der Waals surface area contributed by atoms with E-state index in [4.69, 9.17) is 9.47 Å². The maximum absolute atomic E-state index is 13.2. The molecular formula is C21H23NO3S.